The van der Waals surface area contributed by atoms with Crippen molar-refractivity contribution < 1.29 is 4.79 Å². The van der Waals surface area contributed by atoms with Crippen LogP contribution in [0.2, 0.25) is 0 Å². The molecule has 0 unspecified atom stereocenters. The minimum absolute atomic E-state index is 0.00583. The number of fused-ring (bicyclic) bond motifs is 1. The number of likely N-dealkylation sites (tertiary alicyclic amines) is 1. The van der Waals surface area contributed by atoms with Crippen LogP contribution in [0.1, 0.15) is 60.7 Å². The number of nitrogens with zero attached hydrogens (tertiary/aromatic N) is 6. The van der Waals surface area contributed by atoms with Crippen LogP contribution in [-0.4, -0.2) is 48.0 Å². The van der Waals surface area contributed by atoms with Crippen molar-refractivity contribution in [3.63, 3.8) is 0 Å². The average molecular weight is 421 g/mol. The lowest BCUT2D eigenvalue weighted by Crippen LogP contribution is -2.33. The van der Waals surface area contributed by atoms with Gasteiger partial charge in [0, 0.05) is 32.0 Å². The summed E-state index contributed by atoms with van der Waals surface area (Å²) in [6, 6.07) is 3.80. The number of aromatic nitrogens is 5. The van der Waals surface area contributed by atoms with E-state index in [1.165, 1.54) is 38.3 Å². The largest absolute Gasteiger partial charge is 0.335 e. The molecule has 1 aliphatic heterocycles. The van der Waals surface area contributed by atoms with Crippen molar-refractivity contribution >= 4 is 17.1 Å². The minimum atomic E-state index is -0.137. The van der Waals surface area contributed by atoms with Crippen LogP contribution in [0.25, 0.3) is 11.2 Å². The summed E-state index contributed by atoms with van der Waals surface area (Å²) in [7, 11) is 0. The molecule has 3 aromatic rings. The van der Waals surface area contributed by atoms with Crippen molar-refractivity contribution in [1.82, 2.24) is 29.0 Å². The van der Waals surface area contributed by atoms with Crippen LogP contribution in [0.4, 0.5) is 0 Å². The molecule has 4 heterocycles. The second kappa shape index (κ2) is 8.24. The maximum atomic E-state index is 13.5. The molecule has 8 nitrogen and oxygen atoms in total. The van der Waals surface area contributed by atoms with E-state index in [4.69, 9.17) is 0 Å². The monoisotopic (exact) mass is 420 g/mol. The summed E-state index contributed by atoms with van der Waals surface area (Å²) in [4.78, 5) is 41.1. The molecular weight excluding hydrogens is 392 g/mol. The lowest BCUT2D eigenvalue weighted by molar-refractivity contribution is 0.0781. The number of aryl methyl sites for hydroxylation is 1. The van der Waals surface area contributed by atoms with Crippen LogP contribution in [0.5, 0.6) is 0 Å². The van der Waals surface area contributed by atoms with Crippen molar-refractivity contribution in [2.45, 2.75) is 58.0 Å². The summed E-state index contributed by atoms with van der Waals surface area (Å²) in [6.07, 6.45) is 11.8. The predicted octanol–water partition coefficient (Wildman–Crippen LogP) is 2.96. The van der Waals surface area contributed by atoms with Gasteiger partial charge in [-0.25, -0.2) is 14.8 Å². The molecule has 162 valence electrons. The van der Waals surface area contributed by atoms with Crippen LogP contribution in [-0.2, 0) is 6.54 Å². The molecule has 0 bridgehead atoms. The fraction of sp³-hybridized carbons (Fsp3) is 0.522. The number of hydrogen-bond acceptors (Lipinski definition) is 5. The van der Waals surface area contributed by atoms with E-state index < -0.39 is 0 Å². The Morgan fingerprint density at radius 1 is 1.10 bits per heavy atom. The molecule has 0 spiro atoms. The van der Waals surface area contributed by atoms with E-state index in [-0.39, 0.29) is 17.6 Å². The molecule has 2 fully saturated rings. The van der Waals surface area contributed by atoms with Crippen LogP contribution < -0.4 is 5.69 Å². The highest BCUT2D eigenvalue weighted by molar-refractivity contribution is 5.92. The highest BCUT2D eigenvalue weighted by Gasteiger charge is 2.32. The van der Waals surface area contributed by atoms with Gasteiger partial charge in [0.25, 0.3) is 5.91 Å². The number of carbonyl (C=O) groups is 1. The van der Waals surface area contributed by atoms with E-state index in [1.807, 2.05) is 28.2 Å². The first-order chi connectivity index (χ1) is 15.1. The van der Waals surface area contributed by atoms with Gasteiger partial charge in [0.05, 0.1) is 23.4 Å². The molecule has 5 rings (SSSR count). The Kier molecular flexibility index (Phi) is 5.29. The van der Waals surface area contributed by atoms with Gasteiger partial charge in [-0.05, 0) is 44.2 Å². The minimum Gasteiger partial charge on any atom is -0.335 e. The third-order valence-corrected chi connectivity index (χ3v) is 6.70. The number of amides is 1. The normalized spacial score (nSPS) is 19.9. The first-order valence-electron chi connectivity index (χ1n) is 11.3. The molecule has 1 saturated carbocycles. The van der Waals surface area contributed by atoms with Gasteiger partial charge < -0.3 is 4.90 Å². The molecule has 1 atom stereocenters. The van der Waals surface area contributed by atoms with Crippen molar-refractivity contribution in [3.8, 4) is 0 Å². The van der Waals surface area contributed by atoms with E-state index in [0.29, 0.717) is 24.7 Å². The highest BCUT2D eigenvalue weighted by atomic mass is 16.2. The van der Waals surface area contributed by atoms with Crippen LogP contribution >= 0.6 is 0 Å². The lowest BCUT2D eigenvalue weighted by Gasteiger charge is -2.21. The summed E-state index contributed by atoms with van der Waals surface area (Å²) in [6.45, 7) is 3.67. The number of imidazole rings is 1. The predicted molar refractivity (Wildman–Crippen MR) is 117 cm³/mol. The molecular formula is C23H28N6O2. The van der Waals surface area contributed by atoms with Gasteiger partial charge in [0.2, 0.25) is 0 Å². The van der Waals surface area contributed by atoms with Crippen LogP contribution in [0.15, 0.2) is 35.5 Å². The zero-order valence-electron chi connectivity index (χ0n) is 17.9. The second-order valence-electron chi connectivity index (χ2n) is 8.85. The average Bonchev–Trinajstić information content (AvgIpc) is 3.38. The number of pyridine rings is 1. The van der Waals surface area contributed by atoms with Crippen molar-refractivity contribution in [2.75, 3.05) is 13.1 Å². The van der Waals surface area contributed by atoms with Crippen molar-refractivity contribution in [3.05, 3.63) is 52.6 Å². The van der Waals surface area contributed by atoms with E-state index in [2.05, 4.69) is 15.0 Å². The second-order valence-corrected chi connectivity index (χ2v) is 8.85. The lowest BCUT2D eigenvalue weighted by atomic mass is 9.89. The van der Waals surface area contributed by atoms with Gasteiger partial charge in [-0.3, -0.25) is 18.9 Å². The Balaban J connectivity index is 1.42. The zero-order valence-corrected chi connectivity index (χ0v) is 17.9. The summed E-state index contributed by atoms with van der Waals surface area (Å²) >= 11 is 0. The molecule has 0 N–H and O–H groups in total. The topological polar surface area (TPSA) is 85.9 Å². The van der Waals surface area contributed by atoms with Crippen molar-refractivity contribution in [1.29, 1.82) is 0 Å². The molecule has 31 heavy (non-hydrogen) atoms. The number of rotatable bonds is 4. The standard InChI is InChI=1S/C23H28N6O2/c1-16-12-26-19(13-25-16)22(30)27-11-9-18(15-27)29-21-20(8-5-10-24-21)28(23(29)31)14-17-6-3-2-4-7-17/h5,8,10,12-13,17-18H,2-4,6-7,9,11,14-15H2,1H3/t18-/m1/s1. The molecule has 3 aromatic heterocycles. The fourth-order valence-electron chi connectivity index (χ4n) is 5.04. The zero-order chi connectivity index (χ0) is 21.4. The van der Waals surface area contributed by atoms with E-state index >= 15 is 0 Å². The Hall–Kier alpha value is -3.03. The third kappa shape index (κ3) is 3.75. The molecule has 0 radical (unpaired) electrons. The molecule has 1 saturated heterocycles. The van der Waals surface area contributed by atoms with Gasteiger partial charge in [0.15, 0.2) is 5.65 Å². The summed E-state index contributed by atoms with van der Waals surface area (Å²) in [5.41, 5.74) is 2.73. The molecule has 8 heteroatoms. The Labute approximate surface area is 180 Å². The summed E-state index contributed by atoms with van der Waals surface area (Å²) < 4.78 is 3.72. The SMILES string of the molecule is Cc1cnc(C(=O)N2CC[C@@H](n3c(=O)n(CC4CCCCC4)c4cccnc43)C2)cn1. The van der Waals surface area contributed by atoms with Gasteiger partial charge in [0.1, 0.15) is 5.69 Å². The van der Waals surface area contributed by atoms with E-state index in [0.717, 1.165) is 29.8 Å². The molecule has 1 amide bonds. The van der Waals surface area contributed by atoms with Gasteiger partial charge in [-0.15, -0.1) is 0 Å². The first-order valence-corrected chi connectivity index (χ1v) is 11.3. The maximum Gasteiger partial charge on any atom is 0.330 e. The van der Waals surface area contributed by atoms with E-state index in [9.17, 15) is 9.59 Å². The quantitative estimate of drug-likeness (QED) is 0.648. The molecule has 0 aromatic carbocycles. The highest BCUT2D eigenvalue weighted by Crippen LogP contribution is 2.28. The molecule has 1 aliphatic carbocycles. The smallest absolute Gasteiger partial charge is 0.330 e. The van der Waals surface area contributed by atoms with Crippen LogP contribution in [0.3, 0.4) is 0 Å². The Morgan fingerprint density at radius 3 is 2.71 bits per heavy atom. The Bertz CT molecular complexity index is 1140. The van der Waals surface area contributed by atoms with Gasteiger partial charge in [-0.2, -0.15) is 0 Å². The van der Waals surface area contributed by atoms with Crippen LogP contribution in [0, 0.1) is 12.8 Å². The maximum absolute atomic E-state index is 13.5. The van der Waals surface area contributed by atoms with Crippen molar-refractivity contribution in [2.24, 2.45) is 5.92 Å². The van der Waals surface area contributed by atoms with Gasteiger partial charge >= 0.3 is 5.69 Å². The Morgan fingerprint density at radius 2 is 1.94 bits per heavy atom. The molecule has 2 aliphatic rings. The summed E-state index contributed by atoms with van der Waals surface area (Å²) in [5.74, 6) is 0.412. The van der Waals surface area contributed by atoms with Gasteiger partial charge in [-0.1, -0.05) is 19.3 Å². The van der Waals surface area contributed by atoms with E-state index in [1.54, 1.807) is 17.3 Å². The summed E-state index contributed by atoms with van der Waals surface area (Å²) in [5, 5.41) is 0. The third-order valence-electron chi connectivity index (χ3n) is 6.70. The fourth-order valence-corrected chi connectivity index (χ4v) is 5.04. The number of hydrogen-bond donors (Lipinski definition) is 0. The number of carbonyl (C=O) groups excluding carboxylic acids is 1. The first kappa shape index (κ1) is 19.9.